The van der Waals surface area contributed by atoms with Gasteiger partial charge in [0, 0.05) is 36.7 Å². The molecule has 0 amide bonds. The van der Waals surface area contributed by atoms with E-state index in [4.69, 9.17) is 4.74 Å². The number of aryl methyl sites for hydroxylation is 1. The van der Waals surface area contributed by atoms with Crippen LogP contribution in [0.4, 0.5) is 4.39 Å². The SMILES string of the molecule is COc1ccc(CN2CC[C@H](c3cc(=O)[nH]c(C)n3)C2)c(F)c1. The van der Waals surface area contributed by atoms with E-state index >= 15 is 0 Å². The normalized spacial score (nSPS) is 18.3. The molecule has 23 heavy (non-hydrogen) atoms. The van der Waals surface area contributed by atoms with Gasteiger partial charge in [-0.2, -0.15) is 0 Å². The van der Waals surface area contributed by atoms with Crippen LogP contribution in [0.2, 0.25) is 0 Å². The summed E-state index contributed by atoms with van der Waals surface area (Å²) in [5.74, 6) is 1.12. The molecule has 3 rings (SSSR count). The van der Waals surface area contributed by atoms with E-state index in [-0.39, 0.29) is 17.3 Å². The molecule has 2 aromatic rings. The third-order valence-electron chi connectivity index (χ3n) is 4.22. The molecule has 1 fully saturated rings. The molecule has 6 heteroatoms. The average Bonchev–Trinajstić information content (AvgIpc) is 2.97. The molecule has 2 heterocycles. The first-order valence-electron chi connectivity index (χ1n) is 7.68. The Morgan fingerprint density at radius 3 is 2.96 bits per heavy atom. The molecule has 0 saturated carbocycles. The van der Waals surface area contributed by atoms with E-state index in [1.807, 2.05) is 0 Å². The van der Waals surface area contributed by atoms with Gasteiger partial charge in [0.1, 0.15) is 17.4 Å². The fourth-order valence-corrected chi connectivity index (χ4v) is 3.05. The predicted octanol–water partition coefficient (Wildman–Crippen LogP) is 2.22. The Morgan fingerprint density at radius 1 is 1.43 bits per heavy atom. The minimum Gasteiger partial charge on any atom is -0.497 e. The minimum atomic E-state index is -0.252. The largest absolute Gasteiger partial charge is 0.497 e. The first-order valence-corrected chi connectivity index (χ1v) is 7.68. The summed E-state index contributed by atoms with van der Waals surface area (Å²) in [5, 5.41) is 0. The van der Waals surface area contributed by atoms with Gasteiger partial charge < -0.3 is 9.72 Å². The van der Waals surface area contributed by atoms with Crippen LogP contribution >= 0.6 is 0 Å². The third kappa shape index (κ3) is 3.59. The van der Waals surface area contributed by atoms with E-state index in [2.05, 4.69) is 14.9 Å². The van der Waals surface area contributed by atoms with Crippen molar-refractivity contribution in [3.8, 4) is 5.75 Å². The van der Waals surface area contributed by atoms with Crippen molar-refractivity contribution in [2.75, 3.05) is 20.2 Å². The van der Waals surface area contributed by atoms with E-state index < -0.39 is 0 Å². The highest BCUT2D eigenvalue weighted by Gasteiger charge is 2.26. The summed E-state index contributed by atoms with van der Waals surface area (Å²) in [6.45, 7) is 3.98. The summed E-state index contributed by atoms with van der Waals surface area (Å²) in [6.07, 6.45) is 0.924. The number of likely N-dealkylation sites (tertiary alicyclic amines) is 1. The topological polar surface area (TPSA) is 58.2 Å². The van der Waals surface area contributed by atoms with Crippen molar-refractivity contribution in [3.63, 3.8) is 0 Å². The Labute approximate surface area is 134 Å². The van der Waals surface area contributed by atoms with Gasteiger partial charge in [0.2, 0.25) is 0 Å². The second-order valence-electron chi connectivity index (χ2n) is 5.93. The molecule has 1 aromatic heterocycles. The number of hydrogen-bond acceptors (Lipinski definition) is 4. The number of aromatic amines is 1. The van der Waals surface area contributed by atoms with Gasteiger partial charge in [-0.25, -0.2) is 9.37 Å². The fourth-order valence-electron chi connectivity index (χ4n) is 3.05. The number of rotatable bonds is 4. The zero-order chi connectivity index (χ0) is 16.4. The third-order valence-corrected chi connectivity index (χ3v) is 4.22. The van der Waals surface area contributed by atoms with Crippen LogP contribution in [0.3, 0.4) is 0 Å². The van der Waals surface area contributed by atoms with E-state index in [9.17, 15) is 9.18 Å². The fraction of sp³-hybridized carbons (Fsp3) is 0.412. The Hall–Kier alpha value is -2.21. The number of halogens is 1. The van der Waals surface area contributed by atoms with Gasteiger partial charge in [0.05, 0.1) is 12.8 Å². The maximum atomic E-state index is 14.1. The Morgan fingerprint density at radius 2 is 2.26 bits per heavy atom. The Kier molecular flexibility index (Phi) is 4.43. The zero-order valence-electron chi connectivity index (χ0n) is 13.3. The van der Waals surface area contributed by atoms with Gasteiger partial charge in [0.25, 0.3) is 5.56 Å². The van der Waals surface area contributed by atoms with Crippen molar-refractivity contribution < 1.29 is 9.13 Å². The number of H-pyrrole nitrogens is 1. The molecule has 0 aliphatic carbocycles. The van der Waals surface area contributed by atoms with E-state index in [1.165, 1.54) is 13.2 Å². The lowest BCUT2D eigenvalue weighted by atomic mass is 10.0. The lowest BCUT2D eigenvalue weighted by Gasteiger charge is -2.17. The summed E-state index contributed by atoms with van der Waals surface area (Å²) in [6, 6.07) is 6.50. The molecular formula is C17H20FN3O2. The van der Waals surface area contributed by atoms with Crippen LogP contribution in [0, 0.1) is 12.7 Å². The van der Waals surface area contributed by atoms with E-state index in [0.29, 0.717) is 23.7 Å². The van der Waals surface area contributed by atoms with Crippen LogP contribution in [0.25, 0.3) is 0 Å². The first-order chi connectivity index (χ1) is 11.0. The monoisotopic (exact) mass is 317 g/mol. The number of methoxy groups -OCH3 is 1. The first kappa shape index (κ1) is 15.7. The van der Waals surface area contributed by atoms with Gasteiger partial charge in [-0.3, -0.25) is 9.69 Å². The molecule has 0 unspecified atom stereocenters. The molecule has 122 valence electrons. The van der Waals surface area contributed by atoms with Gasteiger partial charge in [-0.05, 0) is 26.0 Å². The van der Waals surface area contributed by atoms with Crippen molar-refractivity contribution in [2.24, 2.45) is 0 Å². The number of nitrogens with one attached hydrogen (secondary N) is 1. The van der Waals surface area contributed by atoms with Crippen LogP contribution < -0.4 is 10.3 Å². The zero-order valence-corrected chi connectivity index (χ0v) is 13.3. The molecule has 0 bridgehead atoms. The molecule has 1 aliphatic heterocycles. The average molecular weight is 317 g/mol. The predicted molar refractivity (Wildman–Crippen MR) is 85.2 cm³/mol. The number of nitrogens with zero attached hydrogens (tertiary/aromatic N) is 2. The van der Waals surface area contributed by atoms with Crippen LogP contribution in [0.1, 0.15) is 29.4 Å². The molecule has 1 aromatic carbocycles. The quantitative estimate of drug-likeness (QED) is 0.939. The summed E-state index contributed by atoms with van der Waals surface area (Å²) in [4.78, 5) is 20.8. The van der Waals surface area contributed by atoms with Crippen molar-refractivity contribution in [1.82, 2.24) is 14.9 Å². The number of hydrogen-bond donors (Lipinski definition) is 1. The highest BCUT2D eigenvalue weighted by Crippen LogP contribution is 2.27. The Balaban J connectivity index is 1.69. The maximum absolute atomic E-state index is 14.1. The summed E-state index contributed by atoms with van der Waals surface area (Å²) in [5.41, 5.74) is 1.36. The highest BCUT2D eigenvalue weighted by atomic mass is 19.1. The summed E-state index contributed by atoms with van der Waals surface area (Å²) >= 11 is 0. The maximum Gasteiger partial charge on any atom is 0.251 e. The van der Waals surface area contributed by atoms with Crippen LogP contribution in [0.15, 0.2) is 29.1 Å². The van der Waals surface area contributed by atoms with Crippen molar-refractivity contribution in [3.05, 3.63) is 57.5 Å². The molecule has 1 aliphatic rings. The lowest BCUT2D eigenvalue weighted by molar-refractivity contribution is 0.320. The number of ether oxygens (including phenoxy) is 1. The molecule has 1 N–H and O–H groups in total. The molecule has 0 spiro atoms. The van der Waals surface area contributed by atoms with Gasteiger partial charge >= 0.3 is 0 Å². The summed E-state index contributed by atoms with van der Waals surface area (Å²) in [7, 11) is 1.52. The lowest BCUT2D eigenvalue weighted by Crippen LogP contribution is -2.21. The Bertz CT molecular complexity index is 760. The molecular weight excluding hydrogens is 297 g/mol. The van der Waals surface area contributed by atoms with Crippen molar-refractivity contribution in [1.29, 1.82) is 0 Å². The van der Waals surface area contributed by atoms with Gasteiger partial charge in [0.15, 0.2) is 0 Å². The van der Waals surface area contributed by atoms with Crippen molar-refractivity contribution >= 4 is 0 Å². The van der Waals surface area contributed by atoms with Crippen LogP contribution in [-0.4, -0.2) is 35.1 Å². The van der Waals surface area contributed by atoms with Crippen LogP contribution in [0.5, 0.6) is 5.75 Å². The van der Waals surface area contributed by atoms with E-state index in [0.717, 1.165) is 25.2 Å². The van der Waals surface area contributed by atoms with Crippen LogP contribution in [-0.2, 0) is 6.54 Å². The van der Waals surface area contributed by atoms with Gasteiger partial charge in [-0.1, -0.05) is 6.07 Å². The van der Waals surface area contributed by atoms with Gasteiger partial charge in [-0.15, -0.1) is 0 Å². The standard InChI is InChI=1S/C17H20FN3O2/c1-11-19-16(8-17(22)20-11)13-5-6-21(10-13)9-12-3-4-14(23-2)7-15(12)18/h3-4,7-8,13H,5-6,9-10H2,1-2H3,(H,19,20,22)/t13-/m0/s1. The molecule has 1 atom stereocenters. The highest BCUT2D eigenvalue weighted by molar-refractivity contribution is 5.29. The molecule has 1 saturated heterocycles. The van der Waals surface area contributed by atoms with E-state index in [1.54, 1.807) is 25.1 Å². The second kappa shape index (κ2) is 6.50. The number of aromatic nitrogens is 2. The molecule has 5 nitrogen and oxygen atoms in total. The van der Waals surface area contributed by atoms with Crippen molar-refractivity contribution in [2.45, 2.75) is 25.8 Å². The summed E-state index contributed by atoms with van der Waals surface area (Å²) < 4.78 is 19.1. The minimum absolute atomic E-state index is 0.118. The molecule has 0 radical (unpaired) electrons. The second-order valence-corrected chi connectivity index (χ2v) is 5.93. The smallest absolute Gasteiger partial charge is 0.251 e. The number of benzene rings is 1.